The summed E-state index contributed by atoms with van der Waals surface area (Å²) in [5.74, 6) is -5.04. The van der Waals surface area contributed by atoms with E-state index in [1.807, 2.05) is 0 Å². The molecule has 0 N–H and O–H groups in total. The molecule has 4 fully saturated rings. The number of carbonyl (C=O) groups excluding carboxylic acids is 3. The minimum absolute atomic E-state index is 0. The first-order valence-electron chi connectivity index (χ1n) is 11.9. The van der Waals surface area contributed by atoms with Gasteiger partial charge in [-0.15, -0.1) is 0 Å². The van der Waals surface area contributed by atoms with Crippen LogP contribution in [-0.2, 0) is 38.7 Å². The van der Waals surface area contributed by atoms with Gasteiger partial charge in [0.2, 0.25) is 5.91 Å². The maximum absolute atomic E-state index is 13.5. The molecule has 6 atom stereocenters. The van der Waals surface area contributed by atoms with E-state index in [1.54, 1.807) is 13.8 Å². The zero-order valence-electron chi connectivity index (χ0n) is 20.1. The molecule has 14 heteroatoms. The molecule has 3 saturated heterocycles. The summed E-state index contributed by atoms with van der Waals surface area (Å²) < 4.78 is 75.2. The molecule has 0 aromatic rings. The molecule has 0 spiro atoms. The monoisotopic (exact) mass is 788 g/mol. The number of fused-ring (bicyclic) bond motifs is 1. The van der Waals surface area contributed by atoms with Crippen LogP contribution in [0.2, 0.25) is 0 Å². The number of halogens is 2. The van der Waals surface area contributed by atoms with Gasteiger partial charge in [0.1, 0.15) is 16.2 Å². The summed E-state index contributed by atoms with van der Waals surface area (Å²) in [7, 11) is -6.11. The molecule has 10 nitrogen and oxygen atoms in total. The Kier molecular flexibility index (Phi) is 7.62. The van der Waals surface area contributed by atoms with Gasteiger partial charge in [-0.1, -0.05) is 38.7 Å². The Morgan fingerprint density at radius 3 is 2.25 bits per heavy atom. The molecule has 1 aliphatic carbocycles. The van der Waals surface area contributed by atoms with E-state index in [0.29, 0.717) is 12.8 Å². The Balaban J connectivity index is 0.00000361. The molecule has 200 valence electrons. The number of hydrogen-bond acceptors (Lipinski definition) is 9. The van der Waals surface area contributed by atoms with Gasteiger partial charge in [0.25, 0.3) is 11.2 Å². The van der Waals surface area contributed by atoms with Crippen molar-refractivity contribution in [3.63, 3.8) is 0 Å². The molecule has 2 bridgehead atoms. The molecular formula is C22H29F2NO9RfS-2. The van der Waals surface area contributed by atoms with Crippen molar-refractivity contribution in [1.29, 1.82) is 0 Å². The first-order valence-corrected chi connectivity index (χ1v) is 13.3. The van der Waals surface area contributed by atoms with Gasteiger partial charge in [0.05, 0.1) is 29.9 Å². The molecule has 6 unspecified atom stereocenters. The predicted molar refractivity (Wildman–Crippen MR) is 112 cm³/mol. The van der Waals surface area contributed by atoms with Gasteiger partial charge in [-0.2, -0.15) is 0 Å². The Bertz CT molecular complexity index is 971. The fraction of sp³-hybridized carbons (Fsp3) is 0.818. The van der Waals surface area contributed by atoms with Crippen LogP contribution in [0.3, 0.4) is 0 Å². The van der Waals surface area contributed by atoms with Crippen molar-refractivity contribution >= 4 is 28.0 Å². The second-order valence-corrected chi connectivity index (χ2v) is 11.4. The largest absolute Gasteiger partial charge is 0.746 e. The molecule has 0 radical (unpaired) electrons. The molecular weight excluding hydrogens is 759 g/mol. The van der Waals surface area contributed by atoms with Crippen molar-refractivity contribution in [2.45, 2.75) is 94.4 Å². The van der Waals surface area contributed by atoms with E-state index in [9.17, 15) is 36.1 Å². The molecule has 4 rings (SSSR count). The predicted octanol–water partition coefficient (Wildman–Crippen LogP) is 1.73. The van der Waals surface area contributed by atoms with Crippen molar-refractivity contribution < 1.29 is 50.3 Å². The van der Waals surface area contributed by atoms with E-state index in [-0.39, 0.29) is 12.0 Å². The van der Waals surface area contributed by atoms with E-state index >= 15 is 0 Å². The summed E-state index contributed by atoms with van der Waals surface area (Å²) in [6.45, 7) is 2.87. The Hall–Kier alpha value is -2.86. The van der Waals surface area contributed by atoms with Crippen LogP contribution >= 0.6 is 0 Å². The standard InChI is InChI=1S/C22H30F2NO9S.Rf/c1-11(2)25-15-16-13(19(25)26)14(21(28)32-10-22(23,24)35(29,30)31)17(33-16)18(15)34-20(27)12-8-6-4-3-5-7-9-12;/h10-18H,3-9H2,1-2H3,(H,29,30,31);/q-1;/p-1. The van der Waals surface area contributed by atoms with Gasteiger partial charge in [0.15, 0.2) is 6.10 Å². The average Bonchev–Trinajstić information content (AvgIpc) is 3.33. The van der Waals surface area contributed by atoms with Gasteiger partial charge in [0, 0.05) is 6.04 Å². The quantitative estimate of drug-likeness (QED) is 0.215. The smallest absolute Gasteiger partial charge is 0.309 e. The van der Waals surface area contributed by atoms with Crippen LogP contribution in [0.5, 0.6) is 0 Å². The van der Waals surface area contributed by atoms with Crippen LogP contribution in [0.4, 0.5) is 8.78 Å². The summed E-state index contributed by atoms with van der Waals surface area (Å²) in [6.07, 6.45) is 3.32. The summed E-state index contributed by atoms with van der Waals surface area (Å²) in [6, 6.07) is -0.951. The maximum Gasteiger partial charge on any atom is 0.309 e. The van der Waals surface area contributed by atoms with Gasteiger partial charge in [-0.25, -0.2) is 17.2 Å². The fourth-order valence-electron chi connectivity index (χ4n) is 5.85. The zero-order valence-corrected chi connectivity index (χ0v) is 27.4. The summed E-state index contributed by atoms with van der Waals surface area (Å²) in [5, 5.41) is -4.95. The number of likely N-dealkylation sites (tertiary alicyclic amines) is 1. The zero-order chi connectivity index (χ0) is 25.7. The van der Waals surface area contributed by atoms with E-state index in [0.717, 1.165) is 32.1 Å². The van der Waals surface area contributed by atoms with Crippen molar-refractivity contribution in [1.82, 2.24) is 4.90 Å². The first-order chi connectivity index (χ1) is 16.3. The Morgan fingerprint density at radius 2 is 1.69 bits per heavy atom. The van der Waals surface area contributed by atoms with Crippen LogP contribution in [0.1, 0.15) is 58.8 Å². The fourth-order valence-corrected chi connectivity index (χ4v) is 6.01. The van der Waals surface area contributed by atoms with Crippen LogP contribution in [0.25, 0.3) is 0 Å². The summed E-state index contributed by atoms with van der Waals surface area (Å²) in [4.78, 5) is 40.5. The molecule has 0 aromatic carbocycles. The number of nitrogens with zero attached hydrogens (tertiary/aromatic N) is 1. The Morgan fingerprint density at radius 1 is 1.11 bits per heavy atom. The van der Waals surface area contributed by atoms with Gasteiger partial charge in [-0.05, 0) is 26.7 Å². The number of esters is 2. The second kappa shape index (κ2) is 9.89. The van der Waals surface area contributed by atoms with Gasteiger partial charge >= 0.3 is 5.97 Å². The van der Waals surface area contributed by atoms with Crippen molar-refractivity contribution in [2.24, 2.45) is 17.8 Å². The summed E-state index contributed by atoms with van der Waals surface area (Å²) in [5.41, 5.74) is 0. The first kappa shape index (κ1) is 27.7. The van der Waals surface area contributed by atoms with Crippen molar-refractivity contribution in [3.8, 4) is 0 Å². The average molecular weight is 789 g/mol. The van der Waals surface area contributed by atoms with Crippen molar-refractivity contribution in [3.05, 3.63) is 6.61 Å². The van der Waals surface area contributed by atoms with Gasteiger partial charge in [-0.3, -0.25) is 14.4 Å². The van der Waals surface area contributed by atoms with Crippen molar-refractivity contribution in [2.75, 3.05) is 0 Å². The maximum atomic E-state index is 13.5. The number of hydrogen-bond donors (Lipinski definition) is 0. The summed E-state index contributed by atoms with van der Waals surface area (Å²) >= 11 is 0. The molecule has 1 saturated carbocycles. The van der Waals surface area contributed by atoms with E-state index in [4.69, 9.17) is 9.47 Å². The molecule has 4 aliphatic rings. The number of carbonyl (C=O) groups is 3. The van der Waals surface area contributed by atoms with Crippen LogP contribution in [0, 0.1) is 24.4 Å². The normalized spacial score (nSPS) is 32.7. The van der Waals surface area contributed by atoms with Crippen LogP contribution in [-0.4, -0.2) is 71.4 Å². The molecule has 36 heavy (non-hydrogen) atoms. The minimum Gasteiger partial charge on any atom is -0.746 e. The molecule has 0 aromatic heterocycles. The number of ether oxygens (including phenoxy) is 3. The third-order valence-electron chi connectivity index (χ3n) is 7.43. The number of rotatable bonds is 7. The third-order valence-corrected chi connectivity index (χ3v) is 8.19. The van der Waals surface area contributed by atoms with Crippen LogP contribution in [0.15, 0.2) is 0 Å². The minimum atomic E-state index is -6.11. The van der Waals surface area contributed by atoms with E-state index in [2.05, 4.69) is 4.74 Å². The van der Waals surface area contributed by atoms with Gasteiger partial charge < -0.3 is 23.7 Å². The van der Waals surface area contributed by atoms with Crippen LogP contribution < -0.4 is 0 Å². The number of alkyl halides is 2. The van der Waals surface area contributed by atoms with E-state index in [1.165, 1.54) is 4.90 Å². The number of amides is 1. The van der Waals surface area contributed by atoms with E-state index < -0.39 is 76.0 Å². The SMILES string of the molecule is CC(C)N1C(=O)C2C3OC(C(OC(=O)C4CCCCCCC4)C31)C2C(=O)O[CH-]C(F)(F)S(=O)(=O)[O-].[Rf]. The molecule has 1 amide bonds. The molecule has 3 heterocycles. The molecule has 3 aliphatic heterocycles. The third kappa shape index (κ3) is 4.63. The second-order valence-electron chi connectivity index (χ2n) is 9.96. The topological polar surface area (TPSA) is 139 Å². The Labute approximate surface area is 202 Å².